The van der Waals surface area contributed by atoms with Gasteiger partial charge in [-0.1, -0.05) is 54.1 Å². The number of methoxy groups -OCH3 is 1. The van der Waals surface area contributed by atoms with Crippen molar-refractivity contribution >= 4 is 39.2 Å². The number of aromatic nitrogens is 4. The molecular weight excluding hydrogens is 562 g/mol. The van der Waals surface area contributed by atoms with E-state index in [0.29, 0.717) is 40.3 Å². The number of fused-ring (bicyclic) bond motifs is 2. The Morgan fingerprint density at radius 2 is 1.74 bits per heavy atom. The first-order valence-corrected chi connectivity index (χ1v) is 14.5. The van der Waals surface area contributed by atoms with Crippen LogP contribution in [0.2, 0.25) is 5.02 Å². The Bertz CT molecular complexity index is 2090. The second kappa shape index (κ2) is 11.0. The first-order valence-electron chi connectivity index (χ1n) is 14.2. The second-order valence-corrected chi connectivity index (χ2v) is 11.1. The van der Waals surface area contributed by atoms with E-state index in [1.54, 1.807) is 30.0 Å². The molecule has 0 N–H and O–H groups in total. The number of benzene rings is 3. The van der Waals surface area contributed by atoms with Crippen LogP contribution in [0.15, 0.2) is 107 Å². The summed E-state index contributed by atoms with van der Waals surface area (Å²) in [5.74, 6) is 1.35. The maximum Gasteiger partial charge on any atom is 0.264 e. The minimum Gasteiger partial charge on any atom is -0.497 e. The number of pyridine rings is 2. The fourth-order valence-corrected chi connectivity index (χ4v) is 6.41. The predicted octanol–water partition coefficient (Wildman–Crippen LogP) is 6.15. The fraction of sp³-hybridized carbons (Fsp3) is 0.176. The molecule has 214 valence electrons. The molecule has 0 unspecified atom stereocenters. The first kappa shape index (κ1) is 26.9. The van der Waals surface area contributed by atoms with Gasteiger partial charge in [-0.15, -0.1) is 0 Å². The van der Waals surface area contributed by atoms with E-state index in [1.807, 2.05) is 77.4 Å². The van der Waals surface area contributed by atoms with Crippen LogP contribution < -0.4 is 20.6 Å². The summed E-state index contributed by atoms with van der Waals surface area (Å²) in [7, 11) is 1.64. The van der Waals surface area contributed by atoms with Crippen molar-refractivity contribution in [1.29, 1.82) is 0 Å². The molecule has 4 heterocycles. The first-order chi connectivity index (χ1) is 21.0. The number of ether oxygens (including phenoxy) is 1. The van der Waals surface area contributed by atoms with Crippen LogP contribution in [0.5, 0.6) is 5.75 Å². The van der Waals surface area contributed by atoms with Gasteiger partial charge in [0.2, 0.25) is 0 Å². The zero-order valence-electron chi connectivity index (χ0n) is 23.5. The molecule has 8 nitrogen and oxygen atoms in total. The number of anilines is 1. The van der Waals surface area contributed by atoms with Gasteiger partial charge in [0.15, 0.2) is 5.43 Å². The van der Waals surface area contributed by atoms with Crippen LogP contribution in [-0.2, 0) is 6.54 Å². The van der Waals surface area contributed by atoms with E-state index in [0.717, 1.165) is 40.9 Å². The molecule has 0 radical (unpaired) electrons. The van der Waals surface area contributed by atoms with Crippen LogP contribution in [0, 0.1) is 0 Å². The van der Waals surface area contributed by atoms with Gasteiger partial charge in [-0.2, -0.15) is 0 Å². The average Bonchev–Trinajstić information content (AvgIpc) is 3.53. The standard InChI is InChI=1S/C34H28ClN5O3/c1-43-25-14-12-22(13-15-25)20-38-18-16-29(41)31-32(38)36-21-37-33(31)39-17-6-11-27(39)28-19-23-7-5-10-26(35)30(23)34(42)40(28)24-8-3-2-4-9-24/h2-5,7-10,12-16,18-19,21,27H,6,11,17,20H2,1H3/t27-/m0/s1. The van der Waals surface area contributed by atoms with Gasteiger partial charge in [0.1, 0.15) is 28.9 Å². The van der Waals surface area contributed by atoms with Crippen molar-refractivity contribution in [3.05, 3.63) is 134 Å². The van der Waals surface area contributed by atoms with E-state index in [1.165, 1.54) is 6.33 Å². The predicted molar refractivity (Wildman–Crippen MR) is 170 cm³/mol. The highest BCUT2D eigenvalue weighted by Gasteiger charge is 2.32. The third kappa shape index (κ3) is 4.73. The Morgan fingerprint density at radius 1 is 0.930 bits per heavy atom. The van der Waals surface area contributed by atoms with E-state index >= 15 is 0 Å². The Balaban J connectivity index is 1.38. The topological polar surface area (TPSA) is 82.2 Å². The fourth-order valence-electron chi connectivity index (χ4n) is 6.15. The number of hydrogen-bond acceptors (Lipinski definition) is 6. The van der Waals surface area contributed by atoms with Gasteiger partial charge in [-0.05, 0) is 60.2 Å². The molecule has 0 saturated carbocycles. The van der Waals surface area contributed by atoms with E-state index < -0.39 is 0 Å². The average molecular weight is 590 g/mol. The number of rotatable bonds is 6. The van der Waals surface area contributed by atoms with Crippen molar-refractivity contribution in [3.8, 4) is 11.4 Å². The third-order valence-corrected chi connectivity index (χ3v) is 8.46. The van der Waals surface area contributed by atoms with Gasteiger partial charge in [0, 0.05) is 36.7 Å². The largest absolute Gasteiger partial charge is 0.497 e. The monoisotopic (exact) mass is 589 g/mol. The lowest BCUT2D eigenvalue weighted by Crippen LogP contribution is -2.31. The van der Waals surface area contributed by atoms with Gasteiger partial charge >= 0.3 is 0 Å². The van der Waals surface area contributed by atoms with Crippen LogP contribution in [0.4, 0.5) is 5.82 Å². The van der Waals surface area contributed by atoms with Crippen LogP contribution in [-0.4, -0.2) is 32.8 Å². The van der Waals surface area contributed by atoms with Gasteiger partial charge in [0.25, 0.3) is 5.56 Å². The van der Waals surface area contributed by atoms with E-state index in [9.17, 15) is 9.59 Å². The summed E-state index contributed by atoms with van der Waals surface area (Å²) in [5.41, 5.74) is 2.87. The molecule has 1 aliphatic rings. The molecule has 1 fully saturated rings. The molecule has 3 aromatic heterocycles. The molecule has 0 bridgehead atoms. The summed E-state index contributed by atoms with van der Waals surface area (Å²) < 4.78 is 9.01. The molecule has 9 heteroatoms. The van der Waals surface area contributed by atoms with Crippen molar-refractivity contribution in [3.63, 3.8) is 0 Å². The highest BCUT2D eigenvalue weighted by molar-refractivity contribution is 6.35. The molecule has 0 spiro atoms. The molecular formula is C34H28ClN5O3. The Kier molecular flexibility index (Phi) is 6.91. The number of halogens is 1. The third-order valence-electron chi connectivity index (χ3n) is 8.15. The summed E-state index contributed by atoms with van der Waals surface area (Å²) in [5, 5.41) is 2.14. The van der Waals surface area contributed by atoms with Gasteiger partial charge < -0.3 is 14.2 Å². The maximum absolute atomic E-state index is 14.1. The van der Waals surface area contributed by atoms with Crippen LogP contribution >= 0.6 is 11.6 Å². The molecule has 3 aromatic carbocycles. The highest BCUT2D eigenvalue weighted by atomic mass is 35.5. The number of para-hydroxylation sites is 1. The summed E-state index contributed by atoms with van der Waals surface area (Å²) in [4.78, 5) is 38.9. The van der Waals surface area contributed by atoms with E-state index in [4.69, 9.17) is 16.3 Å². The van der Waals surface area contributed by atoms with E-state index in [2.05, 4.69) is 14.9 Å². The Labute approximate surface area is 252 Å². The second-order valence-electron chi connectivity index (χ2n) is 10.7. The highest BCUT2D eigenvalue weighted by Crippen LogP contribution is 2.38. The lowest BCUT2D eigenvalue weighted by Gasteiger charge is -2.29. The number of hydrogen-bond donors (Lipinski definition) is 0. The molecule has 6 aromatic rings. The quantitative estimate of drug-likeness (QED) is 0.232. The number of nitrogens with zero attached hydrogens (tertiary/aromatic N) is 5. The van der Waals surface area contributed by atoms with Gasteiger partial charge in [0.05, 0.1) is 23.6 Å². The zero-order valence-corrected chi connectivity index (χ0v) is 24.2. The molecule has 43 heavy (non-hydrogen) atoms. The lowest BCUT2D eigenvalue weighted by molar-refractivity contribution is 0.414. The minimum atomic E-state index is -0.205. The molecule has 0 aliphatic carbocycles. The summed E-state index contributed by atoms with van der Waals surface area (Å²) in [6, 6.07) is 26.3. The molecule has 0 amide bonds. The van der Waals surface area contributed by atoms with Crippen molar-refractivity contribution in [2.75, 3.05) is 18.6 Å². The van der Waals surface area contributed by atoms with Crippen molar-refractivity contribution in [2.45, 2.75) is 25.4 Å². The smallest absolute Gasteiger partial charge is 0.264 e. The summed E-state index contributed by atoms with van der Waals surface area (Å²) in [6.45, 7) is 1.21. The van der Waals surface area contributed by atoms with Crippen LogP contribution in [0.25, 0.3) is 27.5 Å². The van der Waals surface area contributed by atoms with Crippen molar-refractivity contribution in [1.82, 2.24) is 19.1 Å². The zero-order chi connectivity index (χ0) is 29.5. The molecule has 1 saturated heterocycles. The van der Waals surface area contributed by atoms with Gasteiger partial charge in [-0.25, -0.2) is 9.97 Å². The molecule has 7 rings (SSSR count). The minimum absolute atomic E-state index is 0.145. The maximum atomic E-state index is 14.1. The van der Waals surface area contributed by atoms with Crippen LogP contribution in [0.3, 0.4) is 0 Å². The SMILES string of the molecule is COc1ccc(Cn2ccc(=O)c3c(N4CCC[C@H]4c4cc5cccc(Cl)c5c(=O)n4-c4ccccc4)ncnc32)cc1. The summed E-state index contributed by atoms with van der Waals surface area (Å²) >= 11 is 6.55. The Hall–Kier alpha value is -4.95. The Morgan fingerprint density at radius 3 is 2.53 bits per heavy atom. The molecule has 1 aliphatic heterocycles. The summed E-state index contributed by atoms with van der Waals surface area (Å²) in [6.07, 6.45) is 4.95. The van der Waals surface area contributed by atoms with E-state index in [-0.39, 0.29) is 17.0 Å². The normalized spacial score (nSPS) is 14.9. The van der Waals surface area contributed by atoms with Crippen LogP contribution in [0.1, 0.15) is 30.1 Å². The van der Waals surface area contributed by atoms with Crippen molar-refractivity contribution < 1.29 is 4.74 Å². The lowest BCUT2D eigenvalue weighted by atomic mass is 10.0. The van der Waals surface area contributed by atoms with Crippen molar-refractivity contribution in [2.24, 2.45) is 0 Å². The van der Waals surface area contributed by atoms with Gasteiger partial charge in [-0.3, -0.25) is 14.2 Å². The molecule has 1 atom stereocenters.